The normalized spacial score (nSPS) is 19.0. The van der Waals surface area contributed by atoms with Gasteiger partial charge in [-0.15, -0.1) is 11.6 Å². The number of pyridine rings is 1. The Morgan fingerprint density at radius 1 is 1.53 bits per heavy atom. The third-order valence-electron chi connectivity index (χ3n) is 3.17. The highest BCUT2D eigenvalue weighted by atomic mass is 79.9. The molecule has 94 valence electrons. The molecule has 0 aromatic carbocycles. The van der Waals surface area contributed by atoms with Gasteiger partial charge in [-0.1, -0.05) is 0 Å². The lowest BCUT2D eigenvalue weighted by Crippen LogP contribution is -2.45. The average molecular weight is 320 g/mol. The highest BCUT2D eigenvalue weighted by Gasteiger charge is 2.32. The Bertz CT molecular complexity index is 394. The minimum Gasteiger partial charge on any atom is -0.381 e. The van der Waals surface area contributed by atoms with E-state index in [1.54, 1.807) is 0 Å². The van der Waals surface area contributed by atoms with E-state index >= 15 is 0 Å². The van der Waals surface area contributed by atoms with Crippen molar-refractivity contribution in [1.29, 1.82) is 0 Å². The minimum atomic E-state index is -0.0941. The van der Waals surface area contributed by atoms with Crippen LogP contribution in [0.1, 0.15) is 18.4 Å². The van der Waals surface area contributed by atoms with Gasteiger partial charge < -0.3 is 10.1 Å². The maximum absolute atomic E-state index is 6.12. The van der Waals surface area contributed by atoms with Crippen LogP contribution in [0.15, 0.2) is 16.7 Å². The van der Waals surface area contributed by atoms with Gasteiger partial charge in [0, 0.05) is 25.3 Å². The molecule has 1 aliphatic heterocycles. The first-order valence-electron chi connectivity index (χ1n) is 5.70. The Balaban J connectivity index is 2.20. The van der Waals surface area contributed by atoms with Gasteiger partial charge in [0.25, 0.3) is 0 Å². The van der Waals surface area contributed by atoms with Gasteiger partial charge >= 0.3 is 0 Å². The standard InChI is InChI=1S/C12H16BrClN2O/c1-9-2-5-15-11(10(9)13)16-12(8-14)3-6-17-7-4-12/h2,5H,3-4,6-8H2,1H3,(H,15,16). The zero-order valence-corrected chi connectivity index (χ0v) is 12.1. The van der Waals surface area contributed by atoms with E-state index in [1.165, 1.54) is 5.56 Å². The number of anilines is 1. The topological polar surface area (TPSA) is 34.2 Å². The van der Waals surface area contributed by atoms with Crippen LogP contribution in [0.5, 0.6) is 0 Å². The zero-order valence-electron chi connectivity index (χ0n) is 9.80. The van der Waals surface area contributed by atoms with Crippen molar-refractivity contribution in [2.45, 2.75) is 25.3 Å². The summed E-state index contributed by atoms with van der Waals surface area (Å²) < 4.78 is 6.40. The summed E-state index contributed by atoms with van der Waals surface area (Å²) in [6.45, 7) is 3.56. The molecule has 0 spiro atoms. The summed E-state index contributed by atoms with van der Waals surface area (Å²) >= 11 is 9.68. The SMILES string of the molecule is Cc1ccnc(NC2(CCl)CCOCC2)c1Br. The van der Waals surface area contributed by atoms with Gasteiger partial charge in [-0.2, -0.15) is 0 Å². The van der Waals surface area contributed by atoms with Crippen LogP contribution in [0, 0.1) is 6.92 Å². The van der Waals surface area contributed by atoms with Crippen molar-refractivity contribution in [2.24, 2.45) is 0 Å². The lowest BCUT2D eigenvalue weighted by Gasteiger charge is -2.37. The van der Waals surface area contributed by atoms with Gasteiger partial charge in [-0.3, -0.25) is 0 Å². The van der Waals surface area contributed by atoms with Crippen LogP contribution in [0.4, 0.5) is 5.82 Å². The average Bonchev–Trinajstić information content (AvgIpc) is 2.36. The molecule has 1 aromatic rings. The van der Waals surface area contributed by atoms with Gasteiger partial charge in [-0.25, -0.2) is 4.98 Å². The number of halogens is 2. The first-order valence-corrected chi connectivity index (χ1v) is 7.03. The van der Waals surface area contributed by atoms with E-state index in [0.29, 0.717) is 5.88 Å². The van der Waals surface area contributed by atoms with Gasteiger partial charge in [0.15, 0.2) is 0 Å². The van der Waals surface area contributed by atoms with Crippen LogP contribution < -0.4 is 5.32 Å². The molecule has 1 N–H and O–H groups in total. The second-order valence-corrected chi connectivity index (χ2v) is 5.50. The summed E-state index contributed by atoms with van der Waals surface area (Å²) in [6, 6.07) is 1.98. The minimum absolute atomic E-state index is 0.0941. The third-order valence-corrected chi connectivity index (χ3v) is 4.68. The summed E-state index contributed by atoms with van der Waals surface area (Å²) in [6.07, 6.45) is 3.64. The second-order valence-electron chi connectivity index (χ2n) is 4.44. The van der Waals surface area contributed by atoms with E-state index < -0.39 is 0 Å². The van der Waals surface area contributed by atoms with Crippen LogP contribution in [-0.4, -0.2) is 29.6 Å². The van der Waals surface area contributed by atoms with E-state index in [9.17, 15) is 0 Å². The molecule has 17 heavy (non-hydrogen) atoms. The van der Waals surface area contributed by atoms with E-state index in [2.05, 4.69) is 26.2 Å². The summed E-state index contributed by atoms with van der Waals surface area (Å²) in [5.41, 5.74) is 1.07. The number of hydrogen-bond acceptors (Lipinski definition) is 3. The van der Waals surface area contributed by atoms with Gasteiger partial charge in [-0.05, 0) is 47.3 Å². The number of aromatic nitrogens is 1. The molecule has 1 saturated heterocycles. The number of nitrogens with zero attached hydrogens (tertiary/aromatic N) is 1. The molecule has 1 fully saturated rings. The molecule has 3 nitrogen and oxygen atoms in total. The third kappa shape index (κ3) is 2.92. The van der Waals surface area contributed by atoms with E-state index in [4.69, 9.17) is 16.3 Å². The predicted octanol–water partition coefficient (Wildman–Crippen LogP) is 3.35. The monoisotopic (exact) mass is 318 g/mol. The fourth-order valence-electron chi connectivity index (χ4n) is 1.93. The molecule has 2 heterocycles. The molecule has 1 aromatic heterocycles. The van der Waals surface area contributed by atoms with Crippen LogP contribution in [0.3, 0.4) is 0 Å². The maximum atomic E-state index is 6.12. The number of nitrogens with one attached hydrogen (secondary N) is 1. The summed E-state index contributed by atoms with van der Waals surface area (Å²) in [5, 5.41) is 3.48. The number of ether oxygens (including phenoxy) is 1. The van der Waals surface area contributed by atoms with E-state index in [1.807, 2.05) is 19.2 Å². The van der Waals surface area contributed by atoms with Gasteiger partial charge in [0.2, 0.25) is 0 Å². The van der Waals surface area contributed by atoms with Crippen molar-refractivity contribution >= 4 is 33.3 Å². The molecule has 0 radical (unpaired) electrons. The molecule has 0 bridgehead atoms. The molecule has 0 unspecified atom stereocenters. The Labute approximate surface area is 115 Å². The largest absolute Gasteiger partial charge is 0.381 e. The summed E-state index contributed by atoms with van der Waals surface area (Å²) in [4.78, 5) is 4.37. The fourth-order valence-corrected chi connectivity index (χ4v) is 2.60. The predicted molar refractivity (Wildman–Crippen MR) is 73.8 cm³/mol. The first-order chi connectivity index (χ1) is 8.17. The molecule has 1 aliphatic rings. The molecular formula is C12H16BrClN2O. The molecule has 5 heteroatoms. The maximum Gasteiger partial charge on any atom is 0.141 e. The highest BCUT2D eigenvalue weighted by molar-refractivity contribution is 9.10. The van der Waals surface area contributed by atoms with Crippen LogP contribution in [0.2, 0.25) is 0 Å². The molecular weight excluding hydrogens is 304 g/mol. The number of rotatable bonds is 3. The molecule has 0 saturated carbocycles. The van der Waals surface area contributed by atoms with Crippen LogP contribution in [-0.2, 0) is 4.74 Å². The zero-order chi connectivity index (χ0) is 12.3. The number of hydrogen-bond donors (Lipinski definition) is 1. The quantitative estimate of drug-likeness (QED) is 0.868. The highest BCUT2D eigenvalue weighted by Crippen LogP contribution is 2.31. The summed E-state index contributed by atoms with van der Waals surface area (Å²) in [7, 11) is 0. The van der Waals surface area contributed by atoms with Crippen molar-refractivity contribution in [2.75, 3.05) is 24.4 Å². The van der Waals surface area contributed by atoms with E-state index in [-0.39, 0.29) is 5.54 Å². The van der Waals surface area contributed by atoms with Crippen molar-refractivity contribution in [3.8, 4) is 0 Å². The van der Waals surface area contributed by atoms with Gasteiger partial charge in [0.05, 0.1) is 10.0 Å². The molecule has 0 aliphatic carbocycles. The van der Waals surface area contributed by atoms with Crippen molar-refractivity contribution in [3.63, 3.8) is 0 Å². The number of aryl methyl sites for hydroxylation is 1. The Hall–Kier alpha value is -0.320. The Morgan fingerprint density at radius 2 is 2.24 bits per heavy atom. The second kappa shape index (κ2) is 5.55. The van der Waals surface area contributed by atoms with Crippen LogP contribution in [0.25, 0.3) is 0 Å². The number of alkyl halides is 1. The van der Waals surface area contributed by atoms with Crippen LogP contribution >= 0.6 is 27.5 Å². The van der Waals surface area contributed by atoms with E-state index in [0.717, 1.165) is 36.3 Å². The smallest absolute Gasteiger partial charge is 0.141 e. The molecule has 0 amide bonds. The molecule has 2 rings (SSSR count). The lowest BCUT2D eigenvalue weighted by atomic mass is 9.92. The van der Waals surface area contributed by atoms with Crippen molar-refractivity contribution in [3.05, 3.63) is 22.3 Å². The van der Waals surface area contributed by atoms with Crippen molar-refractivity contribution < 1.29 is 4.74 Å². The van der Waals surface area contributed by atoms with Gasteiger partial charge in [0.1, 0.15) is 5.82 Å². The fraction of sp³-hybridized carbons (Fsp3) is 0.583. The lowest BCUT2D eigenvalue weighted by molar-refractivity contribution is 0.0666. The van der Waals surface area contributed by atoms with Crippen molar-refractivity contribution in [1.82, 2.24) is 4.98 Å². The Morgan fingerprint density at radius 3 is 2.88 bits per heavy atom. The summed E-state index contributed by atoms with van der Waals surface area (Å²) in [5.74, 6) is 1.44. The molecule has 0 atom stereocenters. The first kappa shape index (κ1) is 13.1. The Kier molecular flexibility index (Phi) is 4.28.